The fourth-order valence-corrected chi connectivity index (χ4v) is 5.81. The monoisotopic (exact) mass is 831 g/mol. The lowest BCUT2D eigenvalue weighted by atomic mass is 10.0. The molecule has 3 N–H and O–H groups in total. The molecule has 60 heavy (non-hydrogen) atoms. The quantitative estimate of drug-likeness (QED) is 0.0319. The molecule has 1 rings (SSSR count). The maximum absolute atomic E-state index is 12.9. The Bertz CT molecular complexity index is 1660. The second kappa shape index (κ2) is 32.2. The number of carbonyl (C=O) groups is 3. The maximum atomic E-state index is 12.9. The summed E-state index contributed by atoms with van der Waals surface area (Å²) in [6.07, 6.45) is 37.6. The van der Waals surface area contributed by atoms with Crippen molar-refractivity contribution in [3.8, 4) is 0 Å². The molecular formula is C51H74O9. The standard InChI is InChI=1S/C51H74O9/c1-38(2)25-17-15-13-11-9-10-12-14-16-18-36-46(53)59-48-47(54)45(52)37-58-51(48)60-50(57)44(8)35-24-33-42(6)31-22-29-40(4)27-20-19-26-39(3)28-21-30-41(5)32-23-34-43(7)49(55)56/h19-24,26-35,38,45,47-48,51-52,54H,9-18,25,36-37H2,1-8H3,(H,55,56). The predicted molar refractivity (Wildman–Crippen MR) is 244 cm³/mol. The van der Waals surface area contributed by atoms with E-state index in [0.29, 0.717) is 6.42 Å². The van der Waals surface area contributed by atoms with Gasteiger partial charge in [0.05, 0.1) is 6.61 Å². The predicted octanol–water partition coefficient (Wildman–Crippen LogP) is 11.4. The first kappa shape index (κ1) is 53.4. The summed E-state index contributed by atoms with van der Waals surface area (Å²) in [6.45, 7) is 15.3. The van der Waals surface area contributed by atoms with E-state index < -0.39 is 42.5 Å². The number of hydrogen-bond acceptors (Lipinski definition) is 8. The van der Waals surface area contributed by atoms with E-state index in [-0.39, 0.29) is 24.2 Å². The maximum Gasteiger partial charge on any atom is 0.336 e. The molecule has 1 aliphatic rings. The van der Waals surface area contributed by atoms with E-state index >= 15 is 0 Å². The van der Waals surface area contributed by atoms with Gasteiger partial charge in [-0.1, -0.05) is 198 Å². The number of allylic oxidation sites excluding steroid dienone is 20. The third-order valence-corrected chi connectivity index (χ3v) is 9.67. The fraction of sp³-hybridized carbons (Fsp3) is 0.510. The lowest BCUT2D eigenvalue weighted by molar-refractivity contribution is -0.267. The molecule has 0 saturated carbocycles. The molecule has 9 nitrogen and oxygen atoms in total. The van der Waals surface area contributed by atoms with Crippen molar-refractivity contribution in [2.45, 2.75) is 157 Å². The molecule has 4 atom stereocenters. The van der Waals surface area contributed by atoms with Crippen LogP contribution < -0.4 is 0 Å². The fourth-order valence-electron chi connectivity index (χ4n) is 5.81. The lowest BCUT2D eigenvalue weighted by Gasteiger charge is -2.36. The van der Waals surface area contributed by atoms with E-state index in [0.717, 1.165) is 47.5 Å². The second-order valence-electron chi connectivity index (χ2n) is 16.1. The van der Waals surface area contributed by atoms with Crippen LogP contribution in [-0.4, -0.2) is 64.4 Å². The third-order valence-electron chi connectivity index (χ3n) is 9.67. The molecule has 0 aliphatic carbocycles. The summed E-state index contributed by atoms with van der Waals surface area (Å²) in [7, 11) is 0. The van der Waals surface area contributed by atoms with Crippen LogP contribution in [-0.2, 0) is 28.6 Å². The van der Waals surface area contributed by atoms with Gasteiger partial charge in [0.1, 0.15) is 12.2 Å². The number of aliphatic carboxylic acids is 1. The van der Waals surface area contributed by atoms with Gasteiger partial charge in [-0.3, -0.25) is 4.79 Å². The van der Waals surface area contributed by atoms with Crippen molar-refractivity contribution in [2.75, 3.05) is 6.61 Å². The number of carboxylic acids is 1. The first-order valence-electron chi connectivity index (χ1n) is 21.6. The van der Waals surface area contributed by atoms with Gasteiger partial charge in [0.25, 0.3) is 0 Å². The van der Waals surface area contributed by atoms with Gasteiger partial charge < -0.3 is 29.5 Å². The van der Waals surface area contributed by atoms with Crippen LogP contribution in [0.1, 0.15) is 132 Å². The highest BCUT2D eigenvalue weighted by atomic mass is 16.7. The van der Waals surface area contributed by atoms with Crippen LogP contribution >= 0.6 is 0 Å². The number of hydrogen-bond donors (Lipinski definition) is 3. The smallest absolute Gasteiger partial charge is 0.336 e. The van der Waals surface area contributed by atoms with Crippen molar-refractivity contribution in [3.63, 3.8) is 0 Å². The minimum atomic E-state index is -1.45. The molecule has 0 amide bonds. The third kappa shape index (κ3) is 26.5. The van der Waals surface area contributed by atoms with Crippen molar-refractivity contribution >= 4 is 17.9 Å². The van der Waals surface area contributed by atoms with Crippen LogP contribution in [0.25, 0.3) is 0 Å². The van der Waals surface area contributed by atoms with Gasteiger partial charge in [-0.15, -0.1) is 0 Å². The summed E-state index contributed by atoms with van der Waals surface area (Å²) in [6, 6.07) is 0. The molecule has 0 spiro atoms. The summed E-state index contributed by atoms with van der Waals surface area (Å²) in [5.74, 6) is -1.37. The van der Waals surface area contributed by atoms with E-state index in [4.69, 9.17) is 19.3 Å². The van der Waals surface area contributed by atoms with Crippen molar-refractivity contribution in [1.82, 2.24) is 0 Å². The highest BCUT2D eigenvalue weighted by Gasteiger charge is 2.43. The van der Waals surface area contributed by atoms with E-state index in [1.807, 2.05) is 101 Å². The van der Waals surface area contributed by atoms with Gasteiger partial charge in [0.15, 0.2) is 6.10 Å². The molecule has 0 radical (unpaired) electrons. The Morgan fingerprint density at radius 2 is 1.00 bits per heavy atom. The SMILES string of the molecule is CC(C=CC=C(C)C=CC=C(C)C(=O)O)=CC=CC=C(C)C=CC=C(C)C=CC=C(C)C(=O)OC1OCC(O)C(O)C1OC(=O)CCCCCCCCCCCCC(C)C. The van der Waals surface area contributed by atoms with Crippen LogP contribution in [0.15, 0.2) is 131 Å². The largest absolute Gasteiger partial charge is 0.478 e. The van der Waals surface area contributed by atoms with E-state index in [1.54, 1.807) is 38.2 Å². The number of rotatable bonds is 27. The number of esters is 2. The number of carbonyl (C=O) groups excluding carboxylic acids is 2. The van der Waals surface area contributed by atoms with Gasteiger partial charge in [-0.05, 0) is 53.9 Å². The first-order chi connectivity index (χ1) is 28.6. The summed E-state index contributed by atoms with van der Waals surface area (Å²) in [5.41, 5.74) is 4.65. The van der Waals surface area contributed by atoms with Crippen LogP contribution in [0.4, 0.5) is 0 Å². The van der Waals surface area contributed by atoms with Gasteiger partial charge in [0.2, 0.25) is 6.29 Å². The van der Waals surface area contributed by atoms with E-state index in [2.05, 4.69) is 13.8 Å². The highest BCUT2D eigenvalue weighted by molar-refractivity contribution is 5.88. The van der Waals surface area contributed by atoms with Crippen molar-refractivity contribution in [3.05, 3.63) is 131 Å². The average Bonchev–Trinajstić information content (AvgIpc) is 3.19. The molecule has 9 heteroatoms. The molecule has 0 bridgehead atoms. The van der Waals surface area contributed by atoms with Crippen molar-refractivity contribution in [2.24, 2.45) is 5.92 Å². The zero-order valence-corrected chi connectivity index (χ0v) is 37.6. The summed E-state index contributed by atoms with van der Waals surface area (Å²) >= 11 is 0. The summed E-state index contributed by atoms with van der Waals surface area (Å²) in [5, 5.41) is 29.7. The molecule has 1 fully saturated rings. The van der Waals surface area contributed by atoms with E-state index in [1.165, 1.54) is 44.9 Å². The van der Waals surface area contributed by atoms with Crippen LogP contribution in [0.5, 0.6) is 0 Å². The summed E-state index contributed by atoms with van der Waals surface area (Å²) in [4.78, 5) is 36.4. The molecule has 1 heterocycles. The number of ether oxygens (including phenoxy) is 3. The number of carboxylic acid groups (broad SMARTS) is 1. The Morgan fingerprint density at radius 1 is 0.583 bits per heavy atom. The Labute approximate surface area is 361 Å². The van der Waals surface area contributed by atoms with Gasteiger partial charge >= 0.3 is 17.9 Å². The van der Waals surface area contributed by atoms with E-state index in [9.17, 15) is 24.6 Å². The number of aliphatic hydroxyl groups excluding tert-OH is 2. The average molecular weight is 831 g/mol. The zero-order valence-electron chi connectivity index (χ0n) is 37.6. The van der Waals surface area contributed by atoms with Crippen molar-refractivity contribution in [1.29, 1.82) is 0 Å². The second-order valence-corrected chi connectivity index (χ2v) is 16.1. The Hall–Kier alpha value is -4.57. The number of aliphatic hydroxyl groups is 2. The molecular weight excluding hydrogens is 757 g/mol. The topological polar surface area (TPSA) is 140 Å². The first-order valence-corrected chi connectivity index (χ1v) is 21.6. The van der Waals surface area contributed by atoms with Crippen LogP contribution in [0.3, 0.4) is 0 Å². The minimum Gasteiger partial charge on any atom is -0.478 e. The Kier molecular flexibility index (Phi) is 28.7. The normalized spacial score (nSPS) is 20.5. The van der Waals surface area contributed by atoms with Crippen LogP contribution in [0, 0.1) is 5.92 Å². The molecule has 1 saturated heterocycles. The van der Waals surface area contributed by atoms with Gasteiger partial charge in [-0.2, -0.15) is 0 Å². The Balaban J connectivity index is 2.56. The minimum absolute atomic E-state index is 0.169. The molecule has 4 unspecified atom stereocenters. The molecule has 332 valence electrons. The molecule has 1 aliphatic heterocycles. The number of unbranched alkanes of at least 4 members (excludes halogenated alkanes) is 9. The van der Waals surface area contributed by atoms with Gasteiger partial charge in [0, 0.05) is 17.6 Å². The Morgan fingerprint density at radius 3 is 1.47 bits per heavy atom. The van der Waals surface area contributed by atoms with Gasteiger partial charge in [-0.25, -0.2) is 9.59 Å². The molecule has 0 aromatic rings. The van der Waals surface area contributed by atoms with Crippen molar-refractivity contribution < 1.29 is 43.9 Å². The molecule has 0 aromatic carbocycles. The summed E-state index contributed by atoms with van der Waals surface area (Å²) < 4.78 is 16.5. The van der Waals surface area contributed by atoms with Crippen LogP contribution in [0.2, 0.25) is 0 Å². The lowest BCUT2D eigenvalue weighted by Crippen LogP contribution is -2.56. The highest BCUT2D eigenvalue weighted by Crippen LogP contribution is 2.22. The molecule has 0 aromatic heterocycles. The zero-order chi connectivity index (χ0) is 44.7.